The molecule has 0 saturated heterocycles. The summed E-state index contributed by atoms with van der Waals surface area (Å²) in [6.07, 6.45) is 2.57. The summed E-state index contributed by atoms with van der Waals surface area (Å²) in [5.74, 6) is 2.60. The van der Waals surface area contributed by atoms with Crippen LogP contribution in [-0.4, -0.2) is 5.16 Å². The lowest BCUT2D eigenvalue weighted by Crippen LogP contribution is -1.98. The van der Waals surface area contributed by atoms with E-state index in [1.807, 2.05) is 12.1 Å². The molecule has 18 heavy (non-hydrogen) atoms. The van der Waals surface area contributed by atoms with Crippen molar-refractivity contribution >= 4 is 5.82 Å². The quantitative estimate of drug-likeness (QED) is 0.891. The van der Waals surface area contributed by atoms with Crippen molar-refractivity contribution in [2.24, 2.45) is 5.92 Å². The van der Waals surface area contributed by atoms with Crippen molar-refractivity contribution in [2.75, 3.05) is 5.73 Å². The summed E-state index contributed by atoms with van der Waals surface area (Å²) in [6, 6.07) is 8.24. The summed E-state index contributed by atoms with van der Waals surface area (Å²) in [4.78, 5) is 0. The number of rotatable bonds is 3. The van der Waals surface area contributed by atoms with Gasteiger partial charge in [-0.15, -0.1) is 0 Å². The van der Waals surface area contributed by atoms with Crippen LogP contribution in [0.25, 0.3) is 11.1 Å². The van der Waals surface area contributed by atoms with Gasteiger partial charge < -0.3 is 10.3 Å². The molecule has 3 heteroatoms. The van der Waals surface area contributed by atoms with Crippen LogP contribution in [-0.2, 0) is 0 Å². The molecule has 1 aliphatic rings. The zero-order chi connectivity index (χ0) is 12.7. The Labute approximate surface area is 107 Å². The first-order valence-electron chi connectivity index (χ1n) is 6.49. The lowest BCUT2D eigenvalue weighted by molar-refractivity contribution is 0.358. The molecule has 1 heterocycles. The average Bonchev–Trinajstić information content (AvgIpc) is 3.14. The van der Waals surface area contributed by atoms with Crippen LogP contribution < -0.4 is 5.73 Å². The summed E-state index contributed by atoms with van der Waals surface area (Å²) < 4.78 is 5.49. The van der Waals surface area contributed by atoms with E-state index in [-0.39, 0.29) is 0 Å². The second kappa shape index (κ2) is 4.16. The Bertz CT molecular complexity index is 570. The molecule has 1 fully saturated rings. The molecular formula is C15H18N2O. The number of hydrogen-bond acceptors (Lipinski definition) is 3. The molecule has 1 aliphatic carbocycles. The average molecular weight is 242 g/mol. The molecule has 2 N–H and O–H groups in total. The monoisotopic (exact) mass is 242 g/mol. The maximum Gasteiger partial charge on any atom is 0.175 e. The number of nitrogen functional groups attached to an aromatic ring is 1. The second-order valence-electron chi connectivity index (χ2n) is 5.25. The van der Waals surface area contributed by atoms with Crippen LogP contribution in [0.2, 0.25) is 0 Å². The Hall–Kier alpha value is -1.77. The lowest BCUT2D eigenvalue weighted by atomic mass is 9.93. The standard InChI is InChI=1S/C15H18N2O/c1-9-5-3-4-6-12(9)13-14(18-17-15(13)16)10(2)11-7-8-11/h3-6,10-11H,7-8H2,1-2H3,(H2,16,17). The SMILES string of the molecule is Cc1ccccc1-c1c(N)noc1C(C)C1CC1. The van der Waals surface area contributed by atoms with Gasteiger partial charge in [-0.3, -0.25) is 0 Å². The molecule has 1 aromatic carbocycles. The van der Waals surface area contributed by atoms with Crippen molar-refractivity contribution in [3.8, 4) is 11.1 Å². The fraction of sp³-hybridized carbons (Fsp3) is 0.400. The Balaban J connectivity index is 2.11. The Morgan fingerprint density at radius 3 is 2.72 bits per heavy atom. The first kappa shape index (κ1) is 11.3. The Kier molecular flexibility index (Phi) is 2.62. The molecule has 0 amide bonds. The zero-order valence-electron chi connectivity index (χ0n) is 10.8. The minimum Gasteiger partial charge on any atom is -0.380 e. The highest BCUT2D eigenvalue weighted by Crippen LogP contribution is 2.46. The van der Waals surface area contributed by atoms with Crippen LogP contribution in [0, 0.1) is 12.8 Å². The third-order valence-corrected chi connectivity index (χ3v) is 3.90. The summed E-state index contributed by atoms with van der Waals surface area (Å²) in [7, 11) is 0. The van der Waals surface area contributed by atoms with Crippen molar-refractivity contribution in [3.63, 3.8) is 0 Å². The zero-order valence-corrected chi connectivity index (χ0v) is 10.8. The number of aromatic nitrogens is 1. The van der Waals surface area contributed by atoms with Gasteiger partial charge in [0.2, 0.25) is 0 Å². The van der Waals surface area contributed by atoms with Gasteiger partial charge in [-0.1, -0.05) is 36.3 Å². The van der Waals surface area contributed by atoms with Crippen molar-refractivity contribution in [1.29, 1.82) is 0 Å². The van der Waals surface area contributed by atoms with Gasteiger partial charge in [-0.2, -0.15) is 0 Å². The molecule has 0 aliphatic heterocycles. The fourth-order valence-electron chi connectivity index (χ4n) is 2.56. The molecule has 94 valence electrons. The molecule has 1 saturated carbocycles. The summed E-state index contributed by atoms with van der Waals surface area (Å²) in [6.45, 7) is 4.30. The first-order chi connectivity index (χ1) is 8.68. The van der Waals surface area contributed by atoms with Gasteiger partial charge in [0.05, 0.1) is 5.56 Å². The van der Waals surface area contributed by atoms with Gasteiger partial charge >= 0.3 is 0 Å². The van der Waals surface area contributed by atoms with Crippen LogP contribution >= 0.6 is 0 Å². The van der Waals surface area contributed by atoms with E-state index in [1.165, 1.54) is 18.4 Å². The predicted molar refractivity (Wildman–Crippen MR) is 72.2 cm³/mol. The van der Waals surface area contributed by atoms with Crippen LogP contribution in [0.4, 0.5) is 5.82 Å². The number of anilines is 1. The van der Waals surface area contributed by atoms with E-state index in [2.05, 4.69) is 31.1 Å². The van der Waals surface area contributed by atoms with Crippen LogP contribution in [0.3, 0.4) is 0 Å². The number of benzene rings is 1. The van der Waals surface area contributed by atoms with E-state index >= 15 is 0 Å². The van der Waals surface area contributed by atoms with Crippen LogP contribution in [0.5, 0.6) is 0 Å². The van der Waals surface area contributed by atoms with Crippen LogP contribution in [0.1, 0.15) is 37.0 Å². The smallest absolute Gasteiger partial charge is 0.175 e. The van der Waals surface area contributed by atoms with Gasteiger partial charge in [0.15, 0.2) is 5.82 Å². The predicted octanol–water partition coefficient (Wildman–Crippen LogP) is 3.75. The van der Waals surface area contributed by atoms with Crippen molar-refractivity contribution < 1.29 is 4.52 Å². The molecule has 2 aromatic rings. The van der Waals surface area contributed by atoms with E-state index in [0.29, 0.717) is 11.7 Å². The largest absolute Gasteiger partial charge is 0.380 e. The molecule has 3 rings (SSSR count). The highest BCUT2D eigenvalue weighted by molar-refractivity contribution is 5.78. The van der Waals surface area contributed by atoms with Crippen molar-refractivity contribution in [3.05, 3.63) is 35.6 Å². The molecule has 3 nitrogen and oxygen atoms in total. The molecule has 0 spiro atoms. The summed E-state index contributed by atoms with van der Waals surface area (Å²) in [5, 5.41) is 3.97. The minimum absolute atomic E-state index is 0.407. The topological polar surface area (TPSA) is 52.0 Å². The van der Waals surface area contributed by atoms with E-state index in [4.69, 9.17) is 10.3 Å². The normalized spacial score (nSPS) is 16.8. The molecule has 0 radical (unpaired) electrons. The highest BCUT2D eigenvalue weighted by Gasteiger charge is 2.34. The van der Waals surface area contributed by atoms with E-state index < -0.39 is 0 Å². The summed E-state index contributed by atoms with van der Waals surface area (Å²) in [5.41, 5.74) is 9.33. The Morgan fingerprint density at radius 2 is 2.06 bits per heavy atom. The maximum absolute atomic E-state index is 6.00. The molecule has 1 atom stereocenters. The number of nitrogens with two attached hydrogens (primary N) is 1. The third-order valence-electron chi connectivity index (χ3n) is 3.90. The van der Waals surface area contributed by atoms with Gasteiger partial charge in [0, 0.05) is 5.92 Å². The van der Waals surface area contributed by atoms with Gasteiger partial charge in [0.25, 0.3) is 0 Å². The maximum atomic E-state index is 6.00. The van der Waals surface area contributed by atoms with Crippen molar-refractivity contribution in [1.82, 2.24) is 5.16 Å². The van der Waals surface area contributed by atoms with Crippen molar-refractivity contribution in [2.45, 2.75) is 32.6 Å². The molecule has 1 unspecified atom stereocenters. The van der Waals surface area contributed by atoms with Gasteiger partial charge in [-0.25, -0.2) is 0 Å². The number of nitrogens with zero attached hydrogens (tertiary/aromatic N) is 1. The number of hydrogen-bond donors (Lipinski definition) is 1. The second-order valence-corrected chi connectivity index (χ2v) is 5.25. The van der Waals surface area contributed by atoms with Crippen LogP contribution in [0.15, 0.2) is 28.8 Å². The van der Waals surface area contributed by atoms with E-state index in [1.54, 1.807) is 0 Å². The molecule has 0 bridgehead atoms. The lowest BCUT2D eigenvalue weighted by Gasteiger charge is -2.10. The highest BCUT2D eigenvalue weighted by atomic mass is 16.5. The fourth-order valence-corrected chi connectivity index (χ4v) is 2.56. The summed E-state index contributed by atoms with van der Waals surface area (Å²) >= 11 is 0. The van der Waals surface area contributed by atoms with E-state index in [0.717, 1.165) is 22.8 Å². The third kappa shape index (κ3) is 1.80. The Morgan fingerprint density at radius 1 is 1.33 bits per heavy atom. The van der Waals surface area contributed by atoms with Gasteiger partial charge in [0.1, 0.15) is 5.76 Å². The number of aryl methyl sites for hydroxylation is 1. The first-order valence-corrected chi connectivity index (χ1v) is 6.49. The molecular weight excluding hydrogens is 224 g/mol. The molecule has 1 aromatic heterocycles. The van der Waals surface area contributed by atoms with E-state index in [9.17, 15) is 0 Å². The van der Waals surface area contributed by atoms with Gasteiger partial charge in [-0.05, 0) is 36.8 Å². The minimum atomic E-state index is 0.407.